The van der Waals surface area contributed by atoms with E-state index in [1.54, 1.807) is 0 Å². The molecule has 32 heavy (non-hydrogen) atoms. The van der Waals surface area contributed by atoms with Crippen molar-refractivity contribution in [3.8, 4) is 5.75 Å². The van der Waals surface area contributed by atoms with E-state index >= 15 is 0 Å². The number of hydrogen-bond acceptors (Lipinski definition) is 3. The van der Waals surface area contributed by atoms with Crippen LogP contribution in [0.4, 0.5) is 0 Å². The Bertz CT molecular complexity index is 819. The number of rotatable bonds is 5. The summed E-state index contributed by atoms with van der Waals surface area (Å²) in [4.78, 5) is 30.5. The normalized spacial score (nSPS) is 32.3. The van der Waals surface area contributed by atoms with Gasteiger partial charge in [0.1, 0.15) is 5.75 Å². The monoisotopic (exact) mass is 438 g/mol. The van der Waals surface area contributed by atoms with Crippen molar-refractivity contribution in [3.63, 3.8) is 0 Å². The van der Waals surface area contributed by atoms with E-state index in [1.807, 2.05) is 24.0 Å². The topological polar surface area (TPSA) is 49.9 Å². The lowest BCUT2D eigenvalue weighted by Crippen LogP contribution is -2.59. The Morgan fingerprint density at radius 3 is 1.84 bits per heavy atom. The Morgan fingerprint density at radius 2 is 1.34 bits per heavy atom. The summed E-state index contributed by atoms with van der Waals surface area (Å²) in [6.45, 7) is 8.68. The van der Waals surface area contributed by atoms with Crippen molar-refractivity contribution in [1.82, 2.24) is 9.80 Å². The quantitative estimate of drug-likeness (QED) is 0.682. The molecule has 0 aromatic heterocycles. The lowest BCUT2D eigenvalue weighted by atomic mass is 9.49. The van der Waals surface area contributed by atoms with Gasteiger partial charge >= 0.3 is 0 Å². The van der Waals surface area contributed by atoms with E-state index in [9.17, 15) is 9.59 Å². The van der Waals surface area contributed by atoms with Crippen molar-refractivity contribution in [2.45, 2.75) is 71.3 Å². The molecule has 1 atom stereocenters. The molecule has 1 heterocycles. The van der Waals surface area contributed by atoms with Crippen LogP contribution in [0.5, 0.6) is 5.75 Å². The lowest BCUT2D eigenvalue weighted by molar-refractivity contribution is -0.161. The Hall–Kier alpha value is -2.04. The maximum absolute atomic E-state index is 13.6. The third-order valence-corrected chi connectivity index (χ3v) is 8.58. The molecular weight excluding hydrogens is 400 g/mol. The number of nitrogens with zero attached hydrogens (tertiary/aromatic N) is 2. The molecule has 5 aliphatic rings. The molecule has 4 saturated carbocycles. The average molecular weight is 439 g/mol. The maximum Gasteiger partial charge on any atom is 0.263 e. The van der Waals surface area contributed by atoms with Crippen LogP contribution in [0.25, 0.3) is 0 Å². The van der Waals surface area contributed by atoms with Gasteiger partial charge in [-0.2, -0.15) is 0 Å². The number of benzene rings is 1. The number of piperazine rings is 1. The molecule has 1 aromatic carbocycles. The zero-order valence-corrected chi connectivity index (χ0v) is 19.9. The molecule has 4 aliphatic carbocycles. The molecule has 0 radical (unpaired) electrons. The van der Waals surface area contributed by atoms with Gasteiger partial charge in [-0.15, -0.1) is 0 Å². The van der Waals surface area contributed by atoms with Crippen LogP contribution in [0.3, 0.4) is 0 Å². The zero-order chi connectivity index (χ0) is 22.5. The Balaban J connectivity index is 1.15. The van der Waals surface area contributed by atoms with Gasteiger partial charge in [-0.1, -0.05) is 26.0 Å². The standard InChI is InChI=1S/C27H38N2O3/c1-18(2)23-4-6-24(7-5-23)32-19(3)25(30)28-8-10-29(11-9-28)26(31)27-15-20-12-21(16-27)14-22(13-20)17-27/h4-7,18-22H,8-17H2,1-3H3. The van der Waals surface area contributed by atoms with Gasteiger partial charge in [-0.05, 0) is 86.8 Å². The Labute approximate surface area is 192 Å². The van der Waals surface area contributed by atoms with Crippen molar-refractivity contribution >= 4 is 11.8 Å². The molecular formula is C27H38N2O3. The smallest absolute Gasteiger partial charge is 0.263 e. The molecule has 5 nitrogen and oxygen atoms in total. The van der Waals surface area contributed by atoms with Gasteiger partial charge in [0.05, 0.1) is 5.41 Å². The summed E-state index contributed by atoms with van der Waals surface area (Å²) in [6, 6.07) is 8.01. The highest BCUT2D eigenvalue weighted by Crippen LogP contribution is 2.60. The SMILES string of the molecule is CC(Oc1ccc(C(C)C)cc1)C(=O)N1CCN(C(=O)C23CC4CC(CC(C4)C2)C3)CC1. The molecule has 174 valence electrons. The second kappa shape index (κ2) is 8.39. The van der Waals surface area contributed by atoms with Crippen molar-refractivity contribution < 1.29 is 14.3 Å². The fourth-order valence-electron chi connectivity index (χ4n) is 7.28. The van der Waals surface area contributed by atoms with E-state index in [4.69, 9.17) is 4.74 Å². The van der Waals surface area contributed by atoms with Crippen LogP contribution in [-0.2, 0) is 9.59 Å². The van der Waals surface area contributed by atoms with Gasteiger partial charge in [0, 0.05) is 26.2 Å². The van der Waals surface area contributed by atoms with Gasteiger partial charge in [-0.25, -0.2) is 0 Å². The largest absolute Gasteiger partial charge is 0.481 e. The molecule has 1 aliphatic heterocycles. The summed E-state index contributed by atoms with van der Waals surface area (Å²) < 4.78 is 5.93. The lowest BCUT2D eigenvalue weighted by Gasteiger charge is -2.57. The number of amides is 2. The van der Waals surface area contributed by atoms with E-state index in [0.717, 1.165) is 42.8 Å². The molecule has 0 N–H and O–H groups in total. The minimum Gasteiger partial charge on any atom is -0.481 e. The summed E-state index contributed by atoms with van der Waals surface area (Å²) in [5, 5.41) is 0. The summed E-state index contributed by atoms with van der Waals surface area (Å²) >= 11 is 0. The predicted octanol–water partition coefficient (Wildman–Crippen LogP) is 4.46. The fraction of sp³-hybridized carbons (Fsp3) is 0.704. The van der Waals surface area contributed by atoms with E-state index in [1.165, 1.54) is 24.8 Å². The Kier molecular flexibility index (Phi) is 5.71. The third kappa shape index (κ3) is 4.04. The molecule has 2 amide bonds. The van der Waals surface area contributed by atoms with Gasteiger partial charge < -0.3 is 14.5 Å². The highest BCUT2D eigenvalue weighted by Gasteiger charge is 2.55. The van der Waals surface area contributed by atoms with E-state index in [2.05, 4.69) is 30.9 Å². The highest BCUT2D eigenvalue weighted by molar-refractivity contribution is 5.84. The van der Waals surface area contributed by atoms with Crippen molar-refractivity contribution in [1.29, 1.82) is 0 Å². The molecule has 1 unspecified atom stereocenters. The molecule has 1 aromatic rings. The summed E-state index contributed by atoms with van der Waals surface area (Å²) in [5.41, 5.74) is 1.18. The van der Waals surface area contributed by atoms with Gasteiger partial charge in [0.25, 0.3) is 5.91 Å². The van der Waals surface area contributed by atoms with Crippen LogP contribution >= 0.6 is 0 Å². The summed E-state index contributed by atoms with van der Waals surface area (Å²) in [7, 11) is 0. The van der Waals surface area contributed by atoms with Gasteiger partial charge in [-0.3, -0.25) is 9.59 Å². The van der Waals surface area contributed by atoms with Crippen LogP contribution in [0, 0.1) is 23.2 Å². The van der Waals surface area contributed by atoms with Crippen LogP contribution in [0.2, 0.25) is 0 Å². The minimum absolute atomic E-state index is 0.0137. The molecule has 4 bridgehead atoms. The van der Waals surface area contributed by atoms with Crippen molar-refractivity contribution in [2.24, 2.45) is 23.2 Å². The summed E-state index contributed by atoms with van der Waals surface area (Å²) in [6.07, 6.45) is 6.87. The first-order valence-electron chi connectivity index (χ1n) is 12.7. The number of ether oxygens (including phenoxy) is 1. The first kappa shape index (κ1) is 21.8. The molecule has 0 spiro atoms. The molecule has 5 heteroatoms. The number of carbonyl (C=O) groups is 2. The minimum atomic E-state index is -0.523. The number of hydrogen-bond donors (Lipinski definition) is 0. The molecule has 6 rings (SSSR count). The van der Waals surface area contributed by atoms with Crippen LogP contribution < -0.4 is 4.74 Å². The number of carbonyl (C=O) groups excluding carboxylic acids is 2. The second-order valence-electron chi connectivity index (χ2n) is 11.3. The zero-order valence-electron chi connectivity index (χ0n) is 19.9. The summed E-state index contributed by atoms with van der Waals surface area (Å²) in [5.74, 6) is 3.94. The first-order chi connectivity index (χ1) is 15.3. The van der Waals surface area contributed by atoms with E-state index < -0.39 is 6.10 Å². The van der Waals surface area contributed by atoms with Gasteiger partial charge in [0.2, 0.25) is 5.91 Å². The van der Waals surface area contributed by atoms with Crippen LogP contribution in [0.1, 0.15) is 70.8 Å². The van der Waals surface area contributed by atoms with Crippen molar-refractivity contribution in [3.05, 3.63) is 29.8 Å². The first-order valence-corrected chi connectivity index (χ1v) is 12.7. The average Bonchev–Trinajstić information content (AvgIpc) is 2.77. The Morgan fingerprint density at radius 1 is 0.844 bits per heavy atom. The van der Waals surface area contributed by atoms with E-state index in [0.29, 0.717) is 38.0 Å². The van der Waals surface area contributed by atoms with Crippen LogP contribution in [0.15, 0.2) is 24.3 Å². The second-order valence-corrected chi connectivity index (χ2v) is 11.3. The van der Waals surface area contributed by atoms with Crippen molar-refractivity contribution in [2.75, 3.05) is 26.2 Å². The third-order valence-electron chi connectivity index (χ3n) is 8.58. The van der Waals surface area contributed by atoms with Crippen LogP contribution in [-0.4, -0.2) is 53.9 Å². The van der Waals surface area contributed by atoms with Gasteiger partial charge in [0.15, 0.2) is 6.10 Å². The maximum atomic E-state index is 13.6. The molecule has 1 saturated heterocycles. The fourth-order valence-corrected chi connectivity index (χ4v) is 7.28. The molecule has 5 fully saturated rings. The predicted molar refractivity (Wildman–Crippen MR) is 124 cm³/mol. The van der Waals surface area contributed by atoms with E-state index in [-0.39, 0.29) is 11.3 Å². The highest BCUT2D eigenvalue weighted by atomic mass is 16.5.